The lowest BCUT2D eigenvalue weighted by Crippen LogP contribution is -2.28. The van der Waals surface area contributed by atoms with E-state index in [9.17, 15) is 9.90 Å². The number of carbonyl (C=O) groups is 1. The number of phenols is 1. The first-order valence-electron chi connectivity index (χ1n) is 13.6. The van der Waals surface area contributed by atoms with Crippen LogP contribution in [0.15, 0.2) is 48.5 Å². The van der Waals surface area contributed by atoms with Gasteiger partial charge in [0.05, 0.1) is 23.8 Å². The molecule has 206 valence electrons. The van der Waals surface area contributed by atoms with Gasteiger partial charge in [0.1, 0.15) is 23.9 Å². The van der Waals surface area contributed by atoms with Crippen LogP contribution in [-0.2, 0) is 11.3 Å². The summed E-state index contributed by atoms with van der Waals surface area (Å²) in [5, 5.41) is 10.3. The number of halogens is 1. The molecule has 2 aliphatic rings. The molecule has 0 radical (unpaired) electrons. The molecule has 1 spiro atoms. The number of rotatable bonds is 10. The molecule has 0 amide bonds. The molecular weight excluding hydrogens is 514 g/mol. The van der Waals surface area contributed by atoms with E-state index in [-0.39, 0.29) is 22.9 Å². The number of carbonyl (C=O) groups excluding carboxylic acids is 1. The Morgan fingerprint density at radius 1 is 1.05 bits per heavy atom. The van der Waals surface area contributed by atoms with Gasteiger partial charge in [-0.2, -0.15) is 0 Å². The maximum atomic E-state index is 11.0. The molecule has 1 unspecified atom stereocenters. The highest BCUT2D eigenvalue weighted by atomic mass is 35.5. The molecule has 5 rings (SSSR count). The van der Waals surface area contributed by atoms with Crippen LogP contribution < -0.4 is 9.47 Å². The minimum absolute atomic E-state index is 0.131. The zero-order chi connectivity index (χ0) is 27.4. The minimum atomic E-state index is -0.157. The van der Waals surface area contributed by atoms with Gasteiger partial charge in [0.15, 0.2) is 6.29 Å². The van der Waals surface area contributed by atoms with Crippen LogP contribution in [0.1, 0.15) is 46.3 Å². The molecule has 1 atom stereocenters. The number of likely N-dealkylation sites (tertiary alicyclic amines) is 1. The largest absolute Gasteiger partial charge is 0.507 e. The number of benzene rings is 3. The highest BCUT2D eigenvalue weighted by Gasteiger charge is 2.40. The average molecular weight is 550 g/mol. The summed E-state index contributed by atoms with van der Waals surface area (Å²) in [6, 6.07) is 15.1. The molecule has 6 nitrogen and oxygen atoms in total. The Bertz CT molecular complexity index is 1330. The third-order valence-corrected chi connectivity index (χ3v) is 8.49. The van der Waals surface area contributed by atoms with Crippen molar-refractivity contribution >= 4 is 17.9 Å². The molecule has 0 bridgehead atoms. The first-order valence-corrected chi connectivity index (χ1v) is 14.0. The van der Waals surface area contributed by atoms with E-state index >= 15 is 0 Å². The smallest absolute Gasteiger partial charge is 0.153 e. The lowest BCUT2D eigenvalue weighted by molar-refractivity contribution is 0.112. The van der Waals surface area contributed by atoms with Gasteiger partial charge < -0.3 is 24.2 Å². The average Bonchev–Trinajstić information content (AvgIpc) is 3.57. The number of hydrogen-bond acceptors (Lipinski definition) is 6. The maximum absolute atomic E-state index is 11.0. The van der Waals surface area contributed by atoms with E-state index in [0.29, 0.717) is 24.1 Å². The predicted octanol–water partition coefficient (Wildman–Crippen LogP) is 6.60. The van der Waals surface area contributed by atoms with E-state index in [1.165, 1.54) is 25.0 Å². The van der Waals surface area contributed by atoms with Gasteiger partial charge in [-0.25, -0.2) is 0 Å². The highest BCUT2D eigenvalue weighted by Crippen LogP contribution is 2.38. The van der Waals surface area contributed by atoms with Gasteiger partial charge in [0.2, 0.25) is 0 Å². The first kappa shape index (κ1) is 27.5. The van der Waals surface area contributed by atoms with Crippen molar-refractivity contribution < 1.29 is 24.1 Å². The van der Waals surface area contributed by atoms with Crippen molar-refractivity contribution in [3.63, 3.8) is 0 Å². The summed E-state index contributed by atoms with van der Waals surface area (Å²) < 4.78 is 17.8. The Labute approximate surface area is 235 Å². The zero-order valence-corrected chi connectivity index (χ0v) is 23.4. The third-order valence-electron chi connectivity index (χ3n) is 8.19. The minimum Gasteiger partial charge on any atom is -0.507 e. The van der Waals surface area contributed by atoms with Crippen molar-refractivity contribution in [2.45, 2.75) is 39.7 Å². The number of nitrogens with zero attached hydrogens (tertiary/aromatic N) is 1. The molecule has 2 heterocycles. The standard InChI is InChI=1S/C32H36ClNO5/c1-22-24(19-39-31-17-29(36)25(18-35)16-28(31)33)6-3-7-26(22)27-8-4-9-30(23(27)2)38-14-5-12-34-13-10-32(20-34)11-15-37-21-32/h3-4,6-9,16-18,36H,5,10-15,19-21H2,1-2H3. The Morgan fingerprint density at radius 2 is 1.85 bits per heavy atom. The van der Waals surface area contributed by atoms with Crippen LogP contribution in [0.2, 0.25) is 5.02 Å². The lowest BCUT2D eigenvalue weighted by atomic mass is 9.87. The summed E-state index contributed by atoms with van der Waals surface area (Å²) in [5.74, 6) is 1.08. The van der Waals surface area contributed by atoms with E-state index in [0.717, 1.165) is 72.8 Å². The van der Waals surface area contributed by atoms with Gasteiger partial charge >= 0.3 is 0 Å². The first-order chi connectivity index (χ1) is 18.9. The van der Waals surface area contributed by atoms with E-state index in [1.54, 1.807) is 0 Å². The molecule has 3 aromatic rings. The summed E-state index contributed by atoms with van der Waals surface area (Å²) in [5.41, 5.74) is 5.99. The van der Waals surface area contributed by atoms with E-state index in [1.807, 2.05) is 24.3 Å². The second-order valence-corrected chi connectivity index (χ2v) is 11.2. The van der Waals surface area contributed by atoms with E-state index in [4.69, 9.17) is 25.8 Å². The summed E-state index contributed by atoms with van der Waals surface area (Å²) in [6.45, 7) is 10.4. The van der Waals surface area contributed by atoms with Crippen molar-refractivity contribution in [3.8, 4) is 28.4 Å². The normalized spacial score (nSPS) is 19.1. The quantitative estimate of drug-likeness (QED) is 0.227. The fraction of sp³-hybridized carbons (Fsp3) is 0.406. The lowest BCUT2D eigenvalue weighted by Gasteiger charge is -2.22. The Kier molecular flexibility index (Phi) is 8.46. The molecule has 0 saturated carbocycles. The summed E-state index contributed by atoms with van der Waals surface area (Å²) in [6.07, 6.45) is 4.01. The van der Waals surface area contributed by atoms with Crippen LogP contribution >= 0.6 is 11.6 Å². The summed E-state index contributed by atoms with van der Waals surface area (Å²) in [7, 11) is 0. The number of hydrogen-bond donors (Lipinski definition) is 1. The number of ether oxygens (including phenoxy) is 3. The van der Waals surface area contributed by atoms with Crippen LogP contribution in [0.25, 0.3) is 11.1 Å². The van der Waals surface area contributed by atoms with Gasteiger partial charge in [-0.15, -0.1) is 0 Å². The zero-order valence-electron chi connectivity index (χ0n) is 22.7. The van der Waals surface area contributed by atoms with Crippen molar-refractivity contribution in [1.82, 2.24) is 4.90 Å². The van der Waals surface area contributed by atoms with Crippen LogP contribution in [0, 0.1) is 19.3 Å². The Balaban J connectivity index is 1.22. The number of phenolic OH excluding ortho intramolecular Hbond substituents is 1. The van der Waals surface area contributed by atoms with Crippen molar-refractivity contribution in [2.75, 3.05) is 39.5 Å². The van der Waals surface area contributed by atoms with Gasteiger partial charge in [-0.1, -0.05) is 41.9 Å². The molecule has 2 aliphatic heterocycles. The fourth-order valence-corrected chi connectivity index (χ4v) is 6.00. The van der Waals surface area contributed by atoms with Gasteiger partial charge in [-0.3, -0.25) is 4.79 Å². The maximum Gasteiger partial charge on any atom is 0.153 e. The SMILES string of the molecule is Cc1c(COc2cc(O)c(C=O)cc2Cl)cccc1-c1cccc(OCCCN2CCC3(CCOC3)C2)c1C. The third kappa shape index (κ3) is 6.08. The van der Waals surface area contributed by atoms with Crippen LogP contribution in [-0.4, -0.2) is 55.7 Å². The van der Waals surface area contributed by atoms with Gasteiger partial charge in [0.25, 0.3) is 0 Å². The molecule has 3 aromatic carbocycles. The van der Waals surface area contributed by atoms with Crippen LogP contribution in [0.4, 0.5) is 0 Å². The molecule has 7 heteroatoms. The molecule has 1 N–H and O–H groups in total. The Morgan fingerprint density at radius 3 is 2.62 bits per heavy atom. The molecular formula is C32H36ClNO5. The van der Waals surface area contributed by atoms with Gasteiger partial charge in [-0.05, 0) is 79.6 Å². The Hall–Kier alpha value is -3.06. The monoisotopic (exact) mass is 549 g/mol. The molecule has 0 aromatic heterocycles. The molecule has 2 saturated heterocycles. The van der Waals surface area contributed by atoms with Gasteiger partial charge in [0, 0.05) is 31.2 Å². The van der Waals surface area contributed by atoms with Crippen LogP contribution in [0.3, 0.4) is 0 Å². The van der Waals surface area contributed by atoms with Crippen molar-refractivity contribution in [2.24, 2.45) is 5.41 Å². The number of aldehydes is 1. The molecule has 2 fully saturated rings. The second kappa shape index (κ2) is 12.0. The fourth-order valence-electron chi connectivity index (χ4n) is 5.77. The van der Waals surface area contributed by atoms with Crippen LogP contribution in [0.5, 0.6) is 17.2 Å². The van der Waals surface area contributed by atoms with Crippen molar-refractivity contribution in [1.29, 1.82) is 0 Å². The molecule has 39 heavy (non-hydrogen) atoms. The molecule has 0 aliphatic carbocycles. The van der Waals surface area contributed by atoms with E-state index in [2.05, 4.69) is 30.9 Å². The predicted molar refractivity (Wildman–Crippen MR) is 153 cm³/mol. The van der Waals surface area contributed by atoms with E-state index < -0.39 is 0 Å². The topological polar surface area (TPSA) is 68.2 Å². The van der Waals surface area contributed by atoms with Crippen molar-refractivity contribution in [3.05, 3.63) is 75.8 Å². The summed E-state index contributed by atoms with van der Waals surface area (Å²) >= 11 is 6.25. The summed E-state index contributed by atoms with van der Waals surface area (Å²) in [4.78, 5) is 13.6. The highest BCUT2D eigenvalue weighted by molar-refractivity contribution is 6.32. The number of aromatic hydroxyl groups is 1. The second-order valence-electron chi connectivity index (χ2n) is 10.8.